The first-order chi connectivity index (χ1) is 10.6. The standard InChI is InChI=1S/C16H22N2O4/c1-3-4-7-18(12(2)19)11-16(20)17-13-5-6-14-15(10-13)22-9-8-21-14/h5-6,10H,3-4,7-9,11H2,1-2H3,(H,17,20). The molecular formula is C16H22N2O4. The number of anilines is 1. The summed E-state index contributed by atoms with van der Waals surface area (Å²) in [4.78, 5) is 25.2. The molecule has 0 atom stereocenters. The first-order valence-electron chi connectivity index (χ1n) is 7.55. The number of nitrogens with zero attached hydrogens (tertiary/aromatic N) is 1. The van der Waals surface area contributed by atoms with Gasteiger partial charge in [-0.25, -0.2) is 0 Å². The maximum Gasteiger partial charge on any atom is 0.243 e. The van der Waals surface area contributed by atoms with E-state index in [2.05, 4.69) is 5.32 Å². The zero-order valence-electron chi connectivity index (χ0n) is 13.1. The molecule has 1 aromatic carbocycles. The van der Waals surface area contributed by atoms with Crippen LogP contribution >= 0.6 is 0 Å². The number of fused-ring (bicyclic) bond motifs is 1. The number of carbonyl (C=O) groups excluding carboxylic acids is 2. The zero-order valence-corrected chi connectivity index (χ0v) is 13.1. The Morgan fingerprint density at radius 1 is 1.23 bits per heavy atom. The molecule has 0 aliphatic carbocycles. The van der Waals surface area contributed by atoms with E-state index in [4.69, 9.17) is 9.47 Å². The number of amides is 2. The molecule has 22 heavy (non-hydrogen) atoms. The fourth-order valence-corrected chi connectivity index (χ4v) is 2.19. The van der Waals surface area contributed by atoms with Gasteiger partial charge in [-0.3, -0.25) is 9.59 Å². The lowest BCUT2D eigenvalue weighted by atomic mass is 10.2. The van der Waals surface area contributed by atoms with Gasteiger partial charge < -0.3 is 19.7 Å². The van der Waals surface area contributed by atoms with Crippen LogP contribution in [-0.2, 0) is 9.59 Å². The molecule has 1 aliphatic heterocycles. The van der Waals surface area contributed by atoms with Gasteiger partial charge >= 0.3 is 0 Å². The van der Waals surface area contributed by atoms with E-state index >= 15 is 0 Å². The van der Waals surface area contributed by atoms with Gasteiger partial charge in [-0.15, -0.1) is 0 Å². The van der Waals surface area contributed by atoms with E-state index in [9.17, 15) is 9.59 Å². The summed E-state index contributed by atoms with van der Waals surface area (Å²) in [6.45, 7) is 5.22. The van der Waals surface area contributed by atoms with Gasteiger partial charge in [-0.2, -0.15) is 0 Å². The van der Waals surface area contributed by atoms with Gasteiger partial charge in [-0.1, -0.05) is 13.3 Å². The van der Waals surface area contributed by atoms with Crippen LogP contribution < -0.4 is 14.8 Å². The molecule has 1 aliphatic rings. The number of benzene rings is 1. The van der Waals surface area contributed by atoms with Crippen LogP contribution in [0.4, 0.5) is 5.69 Å². The van der Waals surface area contributed by atoms with Crippen LogP contribution in [0.3, 0.4) is 0 Å². The smallest absolute Gasteiger partial charge is 0.243 e. The SMILES string of the molecule is CCCCN(CC(=O)Nc1ccc2c(c1)OCCO2)C(C)=O. The van der Waals surface area contributed by atoms with Gasteiger partial charge in [0, 0.05) is 25.2 Å². The van der Waals surface area contributed by atoms with E-state index in [1.165, 1.54) is 6.92 Å². The molecular weight excluding hydrogens is 284 g/mol. The molecule has 0 bridgehead atoms. The Morgan fingerprint density at radius 2 is 1.95 bits per heavy atom. The highest BCUT2D eigenvalue weighted by Crippen LogP contribution is 2.32. The normalized spacial score (nSPS) is 12.6. The Bertz CT molecular complexity index is 545. The molecule has 2 rings (SSSR count). The lowest BCUT2D eigenvalue weighted by molar-refractivity contribution is -0.132. The van der Waals surface area contributed by atoms with Crippen LogP contribution in [0, 0.1) is 0 Å². The van der Waals surface area contributed by atoms with Crippen molar-refractivity contribution in [1.82, 2.24) is 4.90 Å². The largest absolute Gasteiger partial charge is 0.486 e. The number of hydrogen-bond acceptors (Lipinski definition) is 4. The molecule has 0 fully saturated rings. The Kier molecular flexibility index (Phi) is 5.63. The van der Waals surface area contributed by atoms with Crippen LogP contribution in [-0.4, -0.2) is 43.0 Å². The van der Waals surface area contributed by atoms with E-state index in [1.54, 1.807) is 23.1 Å². The molecule has 1 heterocycles. The number of ether oxygens (including phenoxy) is 2. The molecule has 6 heteroatoms. The average molecular weight is 306 g/mol. The third kappa shape index (κ3) is 4.38. The van der Waals surface area contributed by atoms with E-state index in [0.717, 1.165) is 12.8 Å². The summed E-state index contributed by atoms with van der Waals surface area (Å²) in [6.07, 6.45) is 1.87. The van der Waals surface area contributed by atoms with Crippen LogP contribution in [0.25, 0.3) is 0 Å². The third-order valence-corrected chi connectivity index (χ3v) is 3.39. The van der Waals surface area contributed by atoms with E-state index < -0.39 is 0 Å². The topological polar surface area (TPSA) is 67.9 Å². The maximum atomic E-state index is 12.1. The van der Waals surface area contributed by atoms with Gasteiger partial charge in [-0.05, 0) is 18.6 Å². The number of hydrogen-bond donors (Lipinski definition) is 1. The zero-order chi connectivity index (χ0) is 15.9. The minimum Gasteiger partial charge on any atom is -0.486 e. The van der Waals surface area contributed by atoms with Gasteiger partial charge in [0.1, 0.15) is 13.2 Å². The molecule has 0 saturated heterocycles. The van der Waals surface area contributed by atoms with Crippen molar-refractivity contribution in [2.45, 2.75) is 26.7 Å². The second-order valence-corrected chi connectivity index (χ2v) is 5.20. The van der Waals surface area contributed by atoms with Crippen molar-refractivity contribution in [2.75, 3.05) is 31.6 Å². The van der Waals surface area contributed by atoms with Gasteiger partial charge in [0.05, 0.1) is 6.54 Å². The molecule has 0 saturated carbocycles. The van der Waals surface area contributed by atoms with Crippen LogP contribution in [0.15, 0.2) is 18.2 Å². The minimum atomic E-state index is -0.219. The van der Waals surface area contributed by atoms with E-state index in [-0.39, 0.29) is 18.4 Å². The monoisotopic (exact) mass is 306 g/mol. The predicted molar refractivity (Wildman–Crippen MR) is 83.2 cm³/mol. The summed E-state index contributed by atoms with van der Waals surface area (Å²) in [7, 11) is 0. The van der Waals surface area contributed by atoms with Crippen molar-refractivity contribution in [3.05, 3.63) is 18.2 Å². The van der Waals surface area contributed by atoms with E-state index in [1.807, 2.05) is 6.92 Å². The molecule has 1 N–H and O–H groups in total. The van der Waals surface area contributed by atoms with Crippen LogP contribution in [0.2, 0.25) is 0 Å². The van der Waals surface area contributed by atoms with Crippen molar-refractivity contribution < 1.29 is 19.1 Å². The molecule has 6 nitrogen and oxygen atoms in total. The Labute approximate surface area is 130 Å². The fraction of sp³-hybridized carbons (Fsp3) is 0.500. The lowest BCUT2D eigenvalue weighted by Crippen LogP contribution is -2.37. The first kappa shape index (κ1) is 16.1. The summed E-state index contributed by atoms with van der Waals surface area (Å²) in [5.74, 6) is 0.991. The Balaban J connectivity index is 1.94. The average Bonchev–Trinajstić information content (AvgIpc) is 2.51. The molecule has 0 aromatic heterocycles. The summed E-state index contributed by atoms with van der Waals surface area (Å²) in [5, 5.41) is 2.79. The molecule has 1 aromatic rings. The summed E-state index contributed by atoms with van der Waals surface area (Å²) in [5.41, 5.74) is 0.633. The summed E-state index contributed by atoms with van der Waals surface area (Å²) in [6, 6.07) is 5.26. The third-order valence-electron chi connectivity index (χ3n) is 3.39. The molecule has 0 radical (unpaired) electrons. The van der Waals surface area contributed by atoms with Crippen molar-refractivity contribution >= 4 is 17.5 Å². The highest BCUT2D eigenvalue weighted by atomic mass is 16.6. The number of unbranched alkanes of at least 4 members (excludes halogenated alkanes) is 1. The minimum absolute atomic E-state index is 0.0593. The van der Waals surface area contributed by atoms with E-state index in [0.29, 0.717) is 36.9 Å². The van der Waals surface area contributed by atoms with Crippen molar-refractivity contribution in [2.24, 2.45) is 0 Å². The second-order valence-electron chi connectivity index (χ2n) is 5.20. The number of rotatable bonds is 6. The van der Waals surface area contributed by atoms with Crippen molar-refractivity contribution in [3.63, 3.8) is 0 Å². The van der Waals surface area contributed by atoms with Gasteiger partial charge in [0.25, 0.3) is 0 Å². The fourth-order valence-electron chi connectivity index (χ4n) is 2.19. The van der Waals surface area contributed by atoms with Crippen molar-refractivity contribution in [1.29, 1.82) is 0 Å². The number of carbonyl (C=O) groups is 2. The summed E-state index contributed by atoms with van der Waals surface area (Å²) < 4.78 is 10.9. The highest BCUT2D eigenvalue weighted by Gasteiger charge is 2.15. The molecule has 120 valence electrons. The van der Waals surface area contributed by atoms with Crippen molar-refractivity contribution in [3.8, 4) is 11.5 Å². The van der Waals surface area contributed by atoms with Crippen LogP contribution in [0.1, 0.15) is 26.7 Å². The summed E-state index contributed by atoms with van der Waals surface area (Å²) >= 11 is 0. The highest BCUT2D eigenvalue weighted by molar-refractivity contribution is 5.94. The Morgan fingerprint density at radius 3 is 2.64 bits per heavy atom. The van der Waals surface area contributed by atoms with Gasteiger partial charge in [0.2, 0.25) is 11.8 Å². The Hall–Kier alpha value is -2.24. The number of nitrogens with one attached hydrogen (secondary N) is 1. The lowest BCUT2D eigenvalue weighted by Gasteiger charge is -2.21. The predicted octanol–water partition coefficient (Wildman–Crippen LogP) is 2.04. The van der Waals surface area contributed by atoms with Crippen LogP contribution in [0.5, 0.6) is 11.5 Å². The first-order valence-corrected chi connectivity index (χ1v) is 7.55. The second kappa shape index (κ2) is 7.68. The quantitative estimate of drug-likeness (QED) is 0.873. The molecule has 0 spiro atoms. The molecule has 2 amide bonds. The molecule has 0 unspecified atom stereocenters. The maximum absolute atomic E-state index is 12.1. The van der Waals surface area contributed by atoms with Gasteiger partial charge in [0.15, 0.2) is 11.5 Å².